The molecule has 0 saturated carbocycles. The number of amides is 1. The summed E-state index contributed by atoms with van der Waals surface area (Å²) in [6.45, 7) is 1.32. The molecule has 5 nitrogen and oxygen atoms in total. The van der Waals surface area contributed by atoms with Gasteiger partial charge in [0, 0.05) is 6.92 Å². The number of hydrogen-bond acceptors (Lipinski definition) is 4. The van der Waals surface area contributed by atoms with Crippen LogP contribution in [0.15, 0.2) is 30.3 Å². The lowest BCUT2D eigenvalue weighted by molar-refractivity contribution is -0.137. The summed E-state index contributed by atoms with van der Waals surface area (Å²) < 4.78 is 38.0. The van der Waals surface area contributed by atoms with Crippen molar-refractivity contribution in [1.82, 2.24) is 10.2 Å². The lowest BCUT2D eigenvalue weighted by Gasteiger charge is -2.11. The van der Waals surface area contributed by atoms with Crippen LogP contribution in [0.1, 0.15) is 12.5 Å². The molecule has 1 aromatic carbocycles. The van der Waals surface area contributed by atoms with E-state index in [-0.39, 0.29) is 28.3 Å². The zero-order chi connectivity index (χ0) is 16.3. The van der Waals surface area contributed by atoms with Gasteiger partial charge in [0.2, 0.25) is 5.91 Å². The Hall–Kier alpha value is -2.35. The molecule has 2 rings (SSSR count). The third-order valence-corrected chi connectivity index (χ3v) is 2.85. The van der Waals surface area contributed by atoms with E-state index in [0.29, 0.717) is 0 Å². The summed E-state index contributed by atoms with van der Waals surface area (Å²) >= 11 is 5.86. The molecule has 2 aromatic rings. The second-order valence-electron chi connectivity index (χ2n) is 4.30. The summed E-state index contributed by atoms with van der Waals surface area (Å²) in [7, 11) is 0. The summed E-state index contributed by atoms with van der Waals surface area (Å²) in [4.78, 5) is 10.8. The number of halogens is 4. The summed E-state index contributed by atoms with van der Waals surface area (Å²) in [5.74, 6) is 0.111. The maximum Gasteiger partial charge on any atom is 0.416 e. The molecule has 1 heterocycles. The van der Waals surface area contributed by atoms with Crippen molar-refractivity contribution < 1.29 is 18.0 Å². The fourth-order valence-corrected chi connectivity index (χ4v) is 1.75. The van der Waals surface area contributed by atoms with Gasteiger partial charge in [0.25, 0.3) is 0 Å². The Balaban J connectivity index is 2.21. The van der Waals surface area contributed by atoms with Gasteiger partial charge < -0.3 is 10.6 Å². The maximum absolute atomic E-state index is 12.7. The minimum atomic E-state index is -4.47. The van der Waals surface area contributed by atoms with Gasteiger partial charge in [-0.05, 0) is 30.3 Å². The van der Waals surface area contributed by atoms with Crippen molar-refractivity contribution >= 4 is 34.8 Å². The van der Waals surface area contributed by atoms with Crippen LogP contribution < -0.4 is 10.6 Å². The van der Waals surface area contributed by atoms with Gasteiger partial charge >= 0.3 is 6.18 Å². The van der Waals surface area contributed by atoms with Gasteiger partial charge in [0.05, 0.1) is 16.3 Å². The van der Waals surface area contributed by atoms with E-state index in [1.165, 1.54) is 19.1 Å². The molecule has 0 unspecified atom stereocenters. The molecular weight excluding hydrogens is 321 g/mol. The molecule has 0 aliphatic heterocycles. The van der Waals surface area contributed by atoms with Crippen LogP contribution in [0, 0.1) is 0 Å². The highest BCUT2D eigenvalue weighted by atomic mass is 35.5. The quantitative estimate of drug-likeness (QED) is 0.897. The number of carbonyl (C=O) groups is 1. The van der Waals surface area contributed by atoms with E-state index in [1.807, 2.05) is 0 Å². The maximum atomic E-state index is 12.7. The average molecular weight is 331 g/mol. The molecule has 0 aliphatic carbocycles. The normalized spacial score (nSPS) is 11.1. The summed E-state index contributed by atoms with van der Waals surface area (Å²) in [6.07, 6.45) is -4.47. The van der Waals surface area contributed by atoms with Crippen molar-refractivity contribution in [3.8, 4) is 0 Å². The molecule has 0 fully saturated rings. The van der Waals surface area contributed by atoms with Gasteiger partial charge in [-0.1, -0.05) is 11.6 Å². The number of carbonyl (C=O) groups excluding carboxylic acids is 1. The number of hydrogen-bond donors (Lipinski definition) is 2. The van der Waals surface area contributed by atoms with E-state index in [4.69, 9.17) is 11.6 Å². The van der Waals surface area contributed by atoms with Crippen molar-refractivity contribution in [2.24, 2.45) is 0 Å². The van der Waals surface area contributed by atoms with E-state index < -0.39 is 11.7 Å². The zero-order valence-electron chi connectivity index (χ0n) is 11.2. The number of aromatic nitrogens is 2. The lowest BCUT2D eigenvalue weighted by Crippen LogP contribution is -2.09. The number of alkyl halides is 3. The molecule has 0 bridgehead atoms. The molecule has 0 spiro atoms. The molecule has 22 heavy (non-hydrogen) atoms. The first-order valence-electron chi connectivity index (χ1n) is 6.01. The Kier molecular flexibility index (Phi) is 4.51. The molecule has 0 radical (unpaired) electrons. The van der Waals surface area contributed by atoms with Crippen LogP contribution in [-0.4, -0.2) is 16.1 Å². The van der Waals surface area contributed by atoms with E-state index in [2.05, 4.69) is 20.8 Å². The van der Waals surface area contributed by atoms with Crippen molar-refractivity contribution in [3.63, 3.8) is 0 Å². The monoisotopic (exact) mass is 330 g/mol. The Morgan fingerprint density at radius 1 is 1.14 bits per heavy atom. The third kappa shape index (κ3) is 4.08. The fraction of sp³-hybridized carbons (Fsp3) is 0.154. The molecule has 0 atom stereocenters. The Bertz CT molecular complexity index is 689. The molecular formula is C13H10ClF3N4O. The Morgan fingerprint density at radius 3 is 2.32 bits per heavy atom. The Morgan fingerprint density at radius 2 is 1.77 bits per heavy atom. The van der Waals surface area contributed by atoms with Crippen LogP contribution in [0.2, 0.25) is 5.02 Å². The molecule has 9 heteroatoms. The standard InChI is InChI=1S/C13H10ClF3N4O/c1-7(22)18-11-4-5-12(21-20-11)19-10-6-8(13(15,16)17)2-3-9(10)14/h2-6H,1H3,(H,19,21)(H,18,20,22). The summed E-state index contributed by atoms with van der Waals surface area (Å²) in [5.41, 5.74) is -0.778. The molecule has 1 amide bonds. The summed E-state index contributed by atoms with van der Waals surface area (Å²) in [6, 6.07) is 5.82. The van der Waals surface area contributed by atoms with Crippen molar-refractivity contribution in [1.29, 1.82) is 0 Å². The van der Waals surface area contributed by atoms with Crippen molar-refractivity contribution in [2.75, 3.05) is 10.6 Å². The number of anilines is 3. The number of nitrogens with one attached hydrogen (secondary N) is 2. The van der Waals surface area contributed by atoms with Gasteiger partial charge in [0.15, 0.2) is 11.6 Å². The van der Waals surface area contributed by atoms with Gasteiger partial charge in [-0.25, -0.2) is 0 Å². The lowest BCUT2D eigenvalue weighted by atomic mass is 10.2. The third-order valence-electron chi connectivity index (χ3n) is 2.53. The van der Waals surface area contributed by atoms with Crippen LogP contribution in [0.25, 0.3) is 0 Å². The van der Waals surface area contributed by atoms with Crippen LogP contribution >= 0.6 is 11.6 Å². The molecule has 0 aliphatic rings. The van der Waals surface area contributed by atoms with E-state index >= 15 is 0 Å². The highest BCUT2D eigenvalue weighted by Crippen LogP contribution is 2.34. The fourth-order valence-electron chi connectivity index (χ4n) is 1.58. The average Bonchev–Trinajstić information content (AvgIpc) is 2.41. The van der Waals surface area contributed by atoms with Gasteiger partial charge in [-0.15, -0.1) is 10.2 Å². The van der Waals surface area contributed by atoms with Crippen LogP contribution in [0.5, 0.6) is 0 Å². The number of nitrogens with zero attached hydrogens (tertiary/aromatic N) is 2. The minimum absolute atomic E-state index is 0.0538. The molecule has 1 aromatic heterocycles. The SMILES string of the molecule is CC(=O)Nc1ccc(Nc2cc(C(F)(F)F)ccc2Cl)nn1. The first-order valence-corrected chi connectivity index (χ1v) is 6.38. The second-order valence-corrected chi connectivity index (χ2v) is 4.71. The first kappa shape index (κ1) is 16.0. The predicted octanol–water partition coefficient (Wildman–Crippen LogP) is 3.85. The van der Waals surface area contributed by atoms with Crippen LogP contribution in [0.4, 0.5) is 30.5 Å². The van der Waals surface area contributed by atoms with Crippen molar-refractivity contribution in [2.45, 2.75) is 13.1 Å². The molecule has 116 valence electrons. The summed E-state index contributed by atoms with van der Waals surface area (Å²) in [5, 5.41) is 12.6. The second kappa shape index (κ2) is 6.18. The molecule has 2 N–H and O–H groups in total. The van der Waals surface area contributed by atoms with Gasteiger partial charge in [0.1, 0.15) is 0 Å². The Labute approximate surface area is 128 Å². The zero-order valence-corrected chi connectivity index (χ0v) is 12.0. The first-order chi connectivity index (χ1) is 10.3. The van der Waals surface area contributed by atoms with Crippen LogP contribution in [-0.2, 0) is 11.0 Å². The molecule has 0 saturated heterocycles. The van der Waals surface area contributed by atoms with Crippen molar-refractivity contribution in [3.05, 3.63) is 40.9 Å². The minimum Gasteiger partial charge on any atom is -0.338 e. The number of benzene rings is 1. The van der Waals surface area contributed by atoms with Crippen LogP contribution in [0.3, 0.4) is 0 Å². The van der Waals surface area contributed by atoms with Gasteiger partial charge in [-0.2, -0.15) is 13.2 Å². The van der Waals surface area contributed by atoms with E-state index in [0.717, 1.165) is 18.2 Å². The van der Waals surface area contributed by atoms with E-state index in [9.17, 15) is 18.0 Å². The highest BCUT2D eigenvalue weighted by molar-refractivity contribution is 6.33. The predicted molar refractivity (Wildman–Crippen MR) is 76.1 cm³/mol. The van der Waals surface area contributed by atoms with Gasteiger partial charge in [-0.3, -0.25) is 4.79 Å². The highest BCUT2D eigenvalue weighted by Gasteiger charge is 2.31. The number of rotatable bonds is 3. The smallest absolute Gasteiger partial charge is 0.338 e. The topological polar surface area (TPSA) is 66.9 Å². The van der Waals surface area contributed by atoms with E-state index in [1.54, 1.807) is 0 Å². The largest absolute Gasteiger partial charge is 0.416 e.